The number of halogens is 1. The van der Waals surface area contributed by atoms with Crippen molar-refractivity contribution in [3.05, 3.63) is 76.1 Å². The van der Waals surface area contributed by atoms with Crippen LogP contribution in [0.4, 0.5) is 0 Å². The van der Waals surface area contributed by atoms with Gasteiger partial charge in [0.05, 0.1) is 5.56 Å². The number of rotatable bonds is 6. The van der Waals surface area contributed by atoms with E-state index in [0.717, 1.165) is 5.56 Å². The van der Waals surface area contributed by atoms with Crippen LogP contribution in [0.5, 0.6) is 5.75 Å². The Kier molecular flexibility index (Phi) is 5.72. The number of carboxylic acids is 1. The summed E-state index contributed by atoms with van der Waals surface area (Å²) in [7, 11) is 1.67. The third kappa shape index (κ3) is 3.60. The molecule has 0 amide bonds. The van der Waals surface area contributed by atoms with E-state index in [4.69, 9.17) is 16.3 Å². The number of ether oxygens (including phenoxy) is 1. The molecule has 0 spiro atoms. The lowest BCUT2D eigenvalue weighted by molar-refractivity contribution is 0.0687. The predicted molar refractivity (Wildman–Crippen MR) is 108 cm³/mol. The van der Waals surface area contributed by atoms with E-state index >= 15 is 0 Å². The van der Waals surface area contributed by atoms with Crippen LogP contribution < -0.4 is 4.74 Å². The standard InChI is InChI=1S/C22H19ClN2O3/c1-3-19-17(12-24)20(21(22(26)27)25(19)2)14-8-10-16(11-9-14)28-13-15-6-4-5-7-18(15)23/h4-11H,3,13H2,1-2H3,(H,26,27). The molecule has 0 aliphatic heterocycles. The van der Waals surface area contributed by atoms with Crippen molar-refractivity contribution in [1.29, 1.82) is 5.26 Å². The first kappa shape index (κ1) is 19.5. The minimum atomic E-state index is -1.06. The lowest BCUT2D eigenvalue weighted by atomic mass is 10.00. The summed E-state index contributed by atoms with van der Waals surface area (Å²) < 4.78 is 7.36. The largest absolute Gasteiger partial charge is 0.489 e. The van der Waals surface area contributed by atoms with Gasteiger partial charge in [-0.25, -0.2) is 4.79 Å². The molecule has 142 valence electrons. The summed E-state index contributed by atoms with van der Waals surface area (Å²) in [5.74, 6) is -0.432. The highest BCUT2D eigenvalue weighted by Gasteiger charge is 2.25. The van der Waals surface area contributed by atoms with Gasteiger partial charge in [-0.3, -0.25) is 0 Å². The van der Waals surface area contributed by atoms with Crippen LogP contribution in [0.25, 0.3) is 11.1 Å². The molecule has 5 nitrogen and oxygen atoms in total. The number of nitrogens with zero attached hydrogens (tertiary/aromatic N) is 2. The number of aromatic nitrogens is 1. The molecule has 0 fully saturated rings. The normalized spacial score (nSPS) is 10.5. The van der Waals surface area contributed by atoms with Crippen LogP contribution in [0.15, 0.2) is 48.5 Å². The highest BCUT2D eigenvalue weighted by molar-refractivity contribution is 6.31. The van der Waals surface area contributed by atoms with Crippen molar-refractivity contribution in [2.45, 2.75) is 20.0 Å². The fourth-order valence-corrected chi connectivity index (χ4v) is 3.48. The lowest BCUT2D eigenvalue weighted by Gasteiger charge is -2.09. The summed E-state index contributed by atoms with van der Waals surface area (Å²) >= 11 is 6.14. The van der Waals surface area contributed by atoms with E-state index in [2.05, 4.69) is 6.07 Å². The van der Waals surface area contributed by atoms with E-state index in [0.29, 0.717) is 46.2 Å². The Balaban J connectivity index is 1.93. The Labute approximate surface area is 168 Å². The highest BCUT2D eigenvalue weighted by Crippen LogP contribution is 2.33. The second-order valence-electron chi connectivity index (χ2n) is 6.28. The maximum Gasteiger partial charge on any atom is 0.353 e. The number of hydrogen-bond acceptors (Lipinski definition) is 3. The second-order valence-corrected chi connectivity index (χ2v) is 6.69. The quantitative estimate of drug-likeness (QED) is 0.634. The SMILES string of the molecule is CCc1c(C#N)c(-c2ccc(OCc3ccccc3Cl)cc2)c(C(=O)O)n1C. The third-order valence-electron chi connectivity index (χ3n) is 4.66. The van der Waals surface area contributed by atoms with E-state index in [1.807, 2.05) is 25.1 Å². The zero-order valence-electron chi connectivity index (χ0n) is 15.6. The number of benzene rings is 2. The van der Waals surface area contributed by atoms with Gasteiger partial charge >= 0.3 is 5.97 Å². The van der Waals surface area contributed by atoms with Gasteiger partial charge in [0.25, 0.3) is 0 Å². The fraction of sp³-hybridized carbons (Fsp3) is 0.182. The first-order valence-corrected chi connectivity index (χ1v) is 9.17. The summed E-state index contributed by atoms with van der Waals surface area (Å²) in [6.07, 6.45) is 0.568. The van der Waals surface area contributed by atoms with Crippen molar-refractivity contribution in [2.24, 2.45) is 7.05 Å². The molecule has 1 aromatic heterocycles. The summed E-state index contributed by atoms with van der Waals surface area (Å²) in [6, 6.07) is 16.7. The number of carbonyl (C=O) groups is 1. The van der Waals surface area contributed by atoms with Gasteiger partial charge in [0, 0.05) is 28.9 Å². The highest BCUT2D eigenvalue weighted by atomic mass is 35.5. The van der Waals surface area contributed by atoms with Crippen LogP contribution in [-0.4, -0.2) is 15.6 Å². The molecule has 1 N–H and O–H groups in total. The van der Waals surface area contributed by atoms with Gasteiger partial charge < -0.3 is 14.4 Å². The van der Waals surface area contributed by atoms with Gasteiger partial charge in [-0.2, -0.15) is 5.26 Å². The third-order valence-corrected chi connectivity index (χ3v) is 5.03. The topological polar surface area (TPSA) is 75.2 Å². The maximum atomic E-state index is 11.8. The van der Waals surface area contributed by atoms with Crippen molar-refractivity contribution in [3.8, 4) is 22.9 Å². The van der Waals surface area contributed by atoms with Crippen LogP contribution >= 0.6 is 11.6 Å². The maximum absolute atomic E-state index is 11.8. The Morgan fingerprint density at radius 1 is 1.21 bits per heavy atom. The molecule has 0 aliphatic rings. The lowest BCUT2D eigenvalue weighted by Crippen LogP contribution is -2.07. The average Bonchev–Trinajstić information content (AvgIpc) is 2.99. The minimum Gasteiger partial charge on any atom is -0.489 e. The molecule has 0 aliphatic carbocycles. The van der Waals surface area contributed by atoms with E-state index in [1.165, 1.54) is 0 Å². The summed E-state index contributed by atoms with van der Waals surface area (Å²) in [5.41, 5.74) is 3.18. The summed E-state index contributed by atoms with van der Waals surface area (Å²) in [4.78, 5) is 11.8. The van der Waals surface area contributed by atoms with Crippen molar-refractivity contribution in [1.82, 2.24) is 4.57 Å². The minimum absolute atomic E-state index is 0.109. The zero-order chi connectivity index (χ0) is 20.3. The first-order valence-electron chi connectivity index (χ1n) is 8.79. The number of aromatic carboxylic acids is 1. The molecule has 3 rings (SSSR count). The monoisotopic (exact) mass is 394 g/mol. The summed E-state index contributed by atoms with van der Waals surface area (Å²) in [6.45, 7) is 2.23. The molecule has 3 aromatic rings. The molecule has 0 atom stereocenters. The van der Waals surface area contributed by atoms with E-state index in [1.54, 1.807) is 41.9 Å². The van der Waals surface area contributed by atoms with Crippen molar-refractivity contribution in [3.63, 3.8) is 0 Å². The van der Waals surface area contributed by atoms with Gasteiger partial charge in [-0.05, 0) is 30.2 Å². The van der Waals surface area contributed by atoms with Gasteiger partial charge in [-0.1, -0.05) is 48.9 Å². The zero-order valence-corrected chi connectivity index (χ0v) is 16.3. The Morgan fingerprint density at radius 3 is 2.46 bits per heavy atom. The molecule has 1 heterocycles. The summed E-state index contributed by atoms with van der Waals surface area (Å²) in [5, 5.41) is 19.9. The van der Waals surface area contributed by atoms with Crippen molar-refractivity contribution >= 4 is 17.6 Å². The Morgan fingerprint density at radius 2 is 1.89 bits per heavy atom. The van der Waals surface area contributed by atoms with Crippen LogP contribution in [0.1, 0.15) is 34.2 Å². The van der Waals surface area contributed by atoms with Crippen molar-refractivity contribution in [2.75, 3.05) is 0 Å². The Bertz CT molecular complexity index is 1060. The molecule has 0 saturated heterocycles. The molecule has 0 unspecified atom stereocenters. The molecule has 0 bridgehead atoms. The Hall–Kier alpha value is -3.23. The second kappa shape index (κ2) is 8.20. The number of carboxylic acid groups (broad SMARTS) is 1. The number of nitriles is 1. The molecular formula is C22H19ClN2O3. The smallest absolute Gasteiger partial charge is 0.353 e. The molecule has 0 radical (unpaired) electrons. The van der Waals surface area contributed by atoms with Crippen LogP contribution in [0, 0.1) is 11.3 Å². The fourth-order valence-electron chi connectivity index (χ4n) is 3.29. The predicted octanol–water partition coefficient (Wildman–Crippen LogP) is 5.06. The van der Waals surface area contributed by atoms with Crippen LogP contribution in [0.3, 0.4) is 0 Å². The van der Waals surface area contributed by atoms with Crippen LogP contribution in [0.2, 0.25) is 5.02 Å². The first-order chi connectivity index (χ1) is 13.5. The van der Waals surface area contributed by atoms with Gasteiger partial charge in [0.1, 0.15) is 24.1 Å². The molecule has 28 heavy (non-hydrogen) atoms. The van der Waals surface area contributed by atoms with Gasteiger partial charge in [-0.15, -0.1) is 0 Å². The molecular weight excluding hydrogens is 376 g/mol. The molecule has 0 saturated carbocycles. The van der Waals surface area contributed by atoms with Gasteiger partial charge in [0.2, 0.25) is 0 Å². The molecule has 6 heteroatoms. The average molecular weight is 395 g/mol. The van der Waals surface area contributed by atoms with E-state index in [-0.39, 0.29) is 5.69 Å². The van der Waals surface area contributed by atoms with Crippen molar-refractivity contribution < 1.29 is 14.6 Å². The van der Waals surface area contributed by atoms with Gasteiger partial charge in [0.15, 0.2) is 0 Å². The number of hydrogen-bond donors (Lipinski definition) is 1. The molecule has 2 aromatic carbocycles. The van der Waals surface area contributed by atoms with E-state index < -0.39 is 5.97 Å². The van der Waals surface area contributed by atoms with Crippen LogP contribution in [-0.2, 0) is 20.1 Å². The van der Waals surface area contributed by atoms with E-state index in [9.17, 15) is 15.2 Å².